The third-order valence-electron chi connectivity index (χ3n) is 4.18. The summed E-state index contributed by atoms with van der Waals surface area (Å²) < 4.78 is 0. The van der Waals surface area contributed by atoms with Crippen molar-refractivity contribution < 1.29 is 0 Å². The predicted octanol–water partition coefficient (Wildman–Crippen LogP) is 5.68. The minimum atomic E-state index is 0.678. The average molecular weight is 255 g/mol. The number of unbranched alkanes of at least 4 members (excludes halogenated alkanes) is 1. The maximum absolute atomic E-state index is 3.94. The Bertz CT molecular complexity index is 466. The molecule has 0 bridgehead atoms. The molecule has 1 heteroatoms. The van der Waals surface area contributed by atoms with Crippen LogP contribution in [-0.4, -0.2) is 4.98 Å². The first-order valence-electron chi connectivity index (χ1n) is 7.44. The Labute approximate surface area is 117 Å². The van der Waals surface area contributed by atoms with E-state index in [1.165, 1.54) is 49.7 Å². The molecule has 1 heterocycles. The monoisotopic (exact) mass is 255 g/mol. The molecule has 0 unspecified atom stereocenters. The summed E-state index contributed by atoms with van der Waals surface area (Å²) in [7, 11) is 0. The minimum Gasteiger partial charge on any atom is -0.361 e. The fourth-order valence-corrected chi connectivity index (χ4v) is 3.05. The van der Waals surface area contributed by atoms with Gasteiger partial charge in [-0.15, -0.1) is 0 Å². The lowest BCUT2D eigenvalue weighted by molar-refractivity contribution is 0.514. The Morgan fingerprint density at radius 1 is 1.26 bits per heavy atom. The largest absolute Gasteiger partial charge is 0.361 e. The number of hydrogen-bond acceptors (Lipinski definition) is 0. The van der Waals surface area contributed by atoms with Crippen LogP contribution in [0.25, 0.3) is 12.2 Å². The van der Waals surface area contributed by atoms with Crippen molar-refractivity contribution in [1.82, 2.24) is 4.98 Å². The molecule has 0 saturated heterocycles. The van der Waals surface area contributed by atoms with Crippen molar-refractivity contribution in [3.8, 4) is 0 Å². The number of rotatable bonds is 5. The van der Waals surface area contributed by atoms with Gasteiger partial charge in [-0.1, -0.05) is 44.2 Å². The molecule has 1 aliphatic carbocycles. The molecule has 1 N–H and O–H groups in total. The van der Waals surface area contributed by atoms with Crippen molar-refractivity contribution in [1.29, 1.82) is 0 Å². The zero-order valence-electron chi connectivity index (χ0n) is 12.0. The van der Waals surface area contributed by atoms with Crippen LogP contribution in [0.2, 0.25) is 0 Å². The molecule has 1 aromatic heterocycles. The van der Waals surface area contributed by atoms with Crippen LogP contribution >= 0.6 is 0 Å². The molecule has 1 saturated carbocycles. The maximum atomic E-state index is 3.94. The van der Waals surface area contributed by atoms with Gasteiger partial charge in [0.2, 0.25) is 0 Å². The molecule has 2 rings (SSSR count). The van der Waals surface area contributed by atoms with Gasteiger partial charge in [0.05, 0.1) is 0 Å². The first kappa shape index (κ1) is 13.9. The van der Waals surface area contributed by atoms with Crippen LogP contribution < -0.4 is 0 Å². The van der Waals surface area contributed by atoms with E-state index in [2.05, 4.69) is 37.3 Å². The summed E-state index contributed by atoms with van der Waals surface area (Å²) in [5.74, 6) is 0.678. The SMILES string of the molecule is C=Cc1[nH]cc(C2CCC(=CCCC)CC2)c1C=C. The van der Waals surface area contributed by atoms with Crippen LogP contribution in [0.15, 0.2) is 31.0 Å². The third-order valence-corrected chi connectivity index (χ3v) is 4.18. The highest BCUT2D eigenvalue weighted by molar-refractivity contribution is 5.65. The Kier molecular flexibility index (Phi) is 4.84. The van der Waals surface area contributed by atoms with Crippen molar-refractivity contribution in [3.63, 3.8) is 0 Å². The summed E-state index contributed by atoms with van der Waals surface area (Å²) in [4.78, 5) is 3.31. The second-order valence-corrected chi connectivity index (χ2v) is 5.40. The van der Waals surface area contributed by atoms with E-state index in [9.17, 15) is 0 Å². The van der Waals surface area contributed by atoms with Crippen molar-refractivity contribution in [2.45, 2.75) is 51.4 Å². The summed E-state index contributed by atoms with van der Waals surface area (Å²) in [5, 5.41) is 0. The maximum Gasteiger partial charge on any atom is 0.0450 e. The van der Waals surface area contributed by atoms with Gasteiger partial charge >= 0.3 is 0 Å². The Morgan fingerprint density at radius 3 is 2.58 bits per heavy atom. The van der Waals surface area contributed by atoms with Gasteiger partial charge in [0.15, 0.2) is 0 Å². The number of hydrogen-bond donors (Lipinski definition) is 1. The molecule has 19 heavy (non-hydrogen) atoms. The van der Waals surface area contributed by atoms with Gasteiger partial charge in [0.1, 0.15) is 0 Å². The molecular formula is C18H25N. The topological polar surface area (TPSA) is 15.8 Å². The molecule has 0 radical (unpaired) electrons. The van der Waals surface area contributed by atoms with Crippen molar-refractivity contribution in [2.24, 2.45) is 0 Å². The highest BCUT2D eigenvalue weighted by Gasteiger charge is 2.21. The number of allylic oxidation sites excluding steroid dienone is 2. The van der Waals surface area contributed by atoms with E-state index in [4.69, 9.17) is 0 Å². The molecule has 0 aromatic carbocycles. The second kappa shape index (κ2) is 6.60. The molecule has 0 aliphatic heterocycles. The lowest BCUT2D eigenvalue weighted by Gasteiger charge is -2.24. The normalized spacial score (nSPS) is 19.2. The lowest BCUT2D eigenvalue weighted by Crippen LogP contribution is -2.07. The fraction of sp³-hybridized carbons (Fsp3) is 0.444. The smallest absolute Gasteiger partial charge is 0.0450 e. The van der Waals surface area contributed by atoms with E-state index in [-0.39, 0.29) is 0 Å². The molecule has 1 aromatic rings. The third kappa shape index (κ3) is 3.09. The number of nitrogens with one attached hydrogen (secondary N) is 1. The molecule has 1 aliphatic rings. The summed E-state index contributed by atoms with van der Waals surface area (Å²) >= 11 is 0. The molecule has 102 valence electrons. The highest BCUT2D eigenvalue weighted by Crippen LogP contribution is 2.38. The van der Waals surface area contributed by atoms with E-state index in [1.54, 1.807) is 5.57 Å². The Hall–Kier alpha value is -1.50. The van der Waals surface area contributed by atoms with Crippen LogP contribution in [0.5, 0.6) is 0 Å². The average Bonchev–Trinajstić information content (AvgIpc) is 2.88. The number of aromatic nitrogens is 1. The summed E-state index contributed by atoms with van der Waals surface area (Å²) in [6.07, 6.45) is 16.0. The van der Waals surface area contributed by atoms with E-state index >= 15 is 0 Å². The van der Waals surface area contributed by atoms with Crippen molar-refractivity contribution in [3.05, 3.63) is 47.8 Å². The van der Waals surface area contributed by atoms with Crippen LogP contribution in [0, 0.1) is 0 Å². The van der Waals surface area contributed by atoms with Gasteiger partial charge in [0, 0.05) is 17.5 Å². The van der Waals surface area contributed by atoms with Gasteiger partial charge in [0.25, 0.3) is 0 Å². The number of H-pyrrole nitrogens is 1. The fourth-order valence-electron chi connectivity index (χ4n) is 3.05. The van der Waals surface area contributed by atoms with E-state index in [0.29, 0.717) is 5.92 Å². The minimum absolute atomic E-state index is 0.678. The molecule has 1 nitrogen and oxygen atoms in total. The van der Waals surface area contributed by atoms with Crippen molar-refractivity contribution in [2.75, 3.05) is 0 Å². The zero-order chi connectivity index (χ0) is 13.7. The molecular weight excluding hydrogens is 230 g/mol. The second-order valence-electron chi connectivity index (χ2n) is 5.40. The van der Waals surface area contributed by atoms with Crippen molar-refractivity contribution >= 4 is 12.2 Å². The Morgan fingerprint density at radius 2 is 2.00 bits per heavy atom. The molecule has 1 fully saturated rings. The first-order chi connectivity index (χ1) is 9.30. The highest BCUT2D eigenvalue weighted by atomic mass is 14.7. The van der Waals surface area contributed by atoms with E-state index in [0.717, 1.165) is 5.69 Å². The van der Waals surface area contributed by atoms with E-state index in [1.807, 2.05) is 12.2 Å². The summed E-state index contributed by atoms with van der Waals surface area (Å²) in [6, 6.07) is 0. The standard InChI is InChI=1S/C18H25N/c1-4-7-8-14-9-11-15(12-10-14)17-13-19-18(6-3)16(17)5-2/h5-6,8,13,15,19H,2-4,7,9-12H2,1H3. The van der Waals surface area contributed by atoms with E-state index < -0.39 is 0 Å². The predicted molar refractivity (Wildman–Crippen MR) is 85.2 cm³/mol. The quantitative estimate of drug-likeness (QED) is 0.651. The van der Waals surface area contributed by atoms with Crippen LogP contribution in [0.1, 0.15) is 68.2 Å². The van der Waals surface area contributed by atoms with Crippen LogP contribution in [0.3, 0.4) is 0 Å². The molecule has 0 atom stereocenters. The summed E-state index contributed by atoms with van der Waals surface area (Å²) in [6.45, 7) is 10.0. The van der Waals surface area contributed by atoms with Gasteiger partial charge < -0.3 is 4.98 Å². The molecule has 0 spiro atoms. The molecule has 0 amide bonds. The van der Waals surface area contributed by atoms with Gasteiger partial charge in [-0.25, -0.2) is 0 Å². The first-order valence-corrected chi connectivity index (χ1v) is 7.44. The Balaban J connectivity index is 2.07. The zero-order valence-corrected chi connectivity index (χ0v) is 12.0. The van der Waals surface area contributed by atoms with Crippen LogP contribution in [-0.2, 0) is 0 Å². The lowest BCUT2D eigenvalue weighted by atomic mass is 9.80. The number of aromatic amines is 1. The van der Waals surface area contributed by atoms with Gasteiger partial charge in [-0.05, 0) is 49.7 Å². The van der Waals surface area contributed by atoms with Gasteiger partial charge in [-0.3, -0.25) is 0 Å². The van der Waals surface area contributed by atoms with Crippen LogP contribution in [0.4, 0.5) is 0 Å². The summed E-state index contributed by atoms with van der Waals surface area (Å²) in [5.41, 5.74) is 5.45. The van der Waals surface area contributed by atoms with Gasteiger partial charge in [-0.2, -0.15) is 0 Å².